The molecule has 0 bridgehead atoms. The number of nitro groups is 1. The number of aromatic nitrogens is 2. The zero-order chi connectivity index (χ0) is 16.3. The Morgan fingerprint density at radius 1 is 1.55 bits per heavy atom. The number of nitrogens with zero attached hydrogens (tertiary/aromatic N) is 4. The fourth-order valence-electron chi connectivity index (χ4n) is 1.86. The van der Waals surface area contributed by atoms with Gasteiger partial charge >= 0.3 is 5.97 Å². The minimum Gasteiger partial charge on any atom is -0.465 e. The quantitative estimate of drug-likeness (QED) is 0.393. The van der Waals surface area contributed by atoms with Gasteiger partial charge in [0.1, 0.15) is 5.56 Å². The lowest BCUT2D eigenvalue weighted by Crippen LogP contribution is -2.09. The average molecular weight is 303 g/mol. The summed E-state index contributed by atoms with van der Waals surface area (Å²) in [6, 6.07) is 4.19. The standard InChI is InChI=1S/C13H13N5O4/c1-8-7-17(13(14)16-8)15-6-9-4-3-5-10(18(20)21)11(9)12(19)22-2/h3-7H,1-2H3,(H2,14,16). The molecule has 0 aliphatic rings. The molecule has 0 aliphatic heterocycles. The third-order valence-electron chi connectivity index (χ3n) is 2.82. The Morgan fingerprint density at radius 2 is 2.27 bits per heavy atom. The van der Waals surface area contributed by atoms with Gasteiger partial charge in [0.25, 0.3) is 5.69 Å². The molecule has 9 nitrogen and oxygen atoms in total. The summed E-state index contributed by atoms with van der Waals surface area (Å²) in [4.78, 5) is 26.2. The molecule has 22 heavy (non-hydrogen) atoms. The molecule has 0 atom stereocenters. The van der Waals surface area contributed by atoms with Gasteiger partial charge in [0.15, 0.2) is 0 Å². The van der Waals surface area contributed by atoms with Gasteiger partial charge in [-0.15, -0.1) is 0 Å². The van der Waals surface area contributed by atoms with Crippen molar-refractivity contribution in [2.24, 2.45) is 5.10 Å². The molecule has 1 aromatic carbocycles. The fourth-order valence-corrected chi connectivity index (χ4v) is 1.86. The van der Waals surface area contributed by atoms with Crippen molar-refractivity contribution in [3.05, 3.63) is 51.3 Å². The first-order valence-corrected chi connectivity index (χ1v) is 6.15. The van der Waals surface area contributed by atoms with Gasteiger partial charge in [-0.3, -0.25) is 10.1 Å². The first-order chi connectivity index (χ1) is 10.4. The molecule has 0 saturated carbocycles. The maximum atomic E-state index is 11.8. The van der Waals surface area contributed by atoms with E-state index in [4.69, 9.17) is 5.73 Å². The van der Waals surface area contributed by atoms with Crippen molar-refractivity contribution in [1.29, 1.82) is 0 Å². The zero-order valence-corrected chi connectivity index (χ0v) is 11.9. The van der Waals surface area contributed by atoms with E-state index in [1.54, 1.807) is 13.1 Å². The molecule has 0 radical (unpaired) electrons. The Balaban J connectivity index is 2.51. The molecule has 2 rings (SSSR count). The molecule has 0 saturated heterocycles. The number of rotatable bonds is 4. The second-order valence-corrected chi connectivity index (χ2v) is 4.32. The van der Waals surface area contributed by atoms with Crippen molar-refractivity contribution < 1.29 is 14.5 Å². The van der Waals surface area contributed by atoms with E-state index in [1.807, 2.05) is 0 Å². The lowest BCUT2D eigenvalue weighted by atomic mass is 10.1. The Bertz CT molecular complexity index is 766. The van der Waals surface area contributed by atoms with E-state index in [2.05, 4.69) is 14.8 Å². The van der Waals surface area contributed by atoms with Gasteiger partial charge in [-0.1, -0.05) is 12.1 Å². The largest absolute Gasteiger partial charge is 0.465 e. The minimum atomic E-state index is -0.816. The van der Waals surface area contributed by atoms with Crippen molar-refractivity contribution in [3.8, 4) is 0 Å². The van der Waals surface area contributed by atoms with E-state index >= 15 is 0 Å². The molecule has 0 spiro atoms. The van der Waals surface area contributed by atoms with Crippen LogP contribution in [0.5, 0.6) is 0 Å². The summed E-state index contributed by atoms with van der Waals surface area (Å²) >= 11 is 0. The number of benzene rings is 1. The molecular formula is C13H13N5O4. The summed E-state index contributed by atoms with van der Waals surface area (Å²) in [5, 5.41) is 15.1. The minimum absolute atomic E-state index is 0.166. The molecule has 9 heteroatoms. The van der Waals surface area contributed by atoms with E-state index in [0.29, 0.717) is 5.69 Å². The van der Waals surface area contributed by atoms with Crippen molar-refractivity contribution in [3.63, 3.8) is 0 Å². The fraction of sp³-hybridized carbons (Fsp3) is 0.154. The first kappa shape index (κ1) is 15.2. The van der Waals surface area contributed by atoms with E-state index in [9.17, 15) is 14.9 Å². The average Bonchev–Trinajstić information content (AvgIpc) is 2.81. The highest BCUT2D eigenvalue weighted by Gasteiger charge is 2.23. The number of hydrogen-bond donors (Lipinski definition) is 1. The van der Waals surface area contributed by atoms with Crippen LogP contribution in [0.15, 0.2) is 29.5 Å². The van der Waals surface area contributed by atoms with Crippen LogP contribution in [0, 0.1) is 17.0 Å². The third-order valence-corrected chi connectivity index (χ3v) is 2.82. The number of esters is 1. The topological polar surface area (TPSA) is 126 Å². The molecule has 114 valence electrons. The highest BCUT2D eigenvalue weighted by atomic mass is 16.6. The number of hydrogen-bond acceptors (Lipinski definition) is 7. The van der Waals surface area contributed by atoms with Crippen molar-refractivity contribution >= 4 is 23.8 Å². The maximum Gasteiger partial charge on any atom is 0.345 e. The monoisotopic (exact) mass is 303 g/mol. The summed E-state index contributed by atoms with van der Waals surface area (Å²) in [6.45, 7) is 1.75. The number of carbonyl (C=O) groups is 1. The highest BCUT2D eigenvalue weighted by Crippen LogP contribution is 2.22. The number of nitro benzene ring substituents is 1. The van der Waals surface area contributed by atoms with Crippen LogP contribution in [0.2, 0.25) is 0 Å². The molecule has 0 amide bonds. The van der Waals surface area contributed by atoms with Crippen molar-refractivity contribution in [2.45, 2.75) is 6.92 Å². The normalized spacial score (nSPS) is 10.8. The number of ether oxygens (including phenoxy) is 1. The smallest absolute Gasteiger partial charge is 0.345 e. The highest BCUT2D eigenvalue weighted by molar-refractivity contribution is 6.02. The molecule has 0 unspecified atom stereocenters. The van der Waals surface area contributed by atoms with Crippen LogP contribution in [0.3, 0.4) is 0 Å². The van der Waals surface area contributed by atoms with Gasteiger partial charge < -0.3 is 10.5 Å². The van der Waals surface area contributed by atoms with Crippen molar-refractivity contribution in [2.75, 3.05) is 12.8 Å². The first-order valence-electron chi connectivity index (χ1n) is 6.15. The van der Waals surface area contributed by atoms with Crippen LogP contribution in [0.4, 0.5) is 11.6 Å². The van der Waals surface area contributed by atoms with Crippen LogP contribution in [-0.4, -0.2) is 33.9 Å². The number of anilines is 1. The van der Waals surface area contributed by atoms with E-state index in [0.717, 1.165) is 7.11 Å². The summed E-state index contributed by atoms with van der Waals surface area (Å²) in [5.74, 6) is -0.651. The van der Waals surface area contributed by atoms with Crippen LogP contribution >= 0.6 is 0 Å². The summed E-state index contributed by atoms with van der Waals surface area (Å²) < 4.78 is 5.90. The van der Waals surface area contributed by atoms with Crippen LogP contribution in [-0.2, 0) is 4.74 Å². The Morgan fingerprint density at radius 3 is 2.82 bits per heavy atom. The number of imidazole rings is 1. The van der Waals surface area contributed by atoms with E-state index in [1.165, 1.54) is 29.1 Å². The van der Waals surface area contributed by atoms with Gasteiger partial charge in [0.05, 0.1) is 30.1 Å². The Kier molecular flexibility index (Phi) is 4.16. The Hall–Kier alpha value is -3.23. The van der Waals surface area contributed by atoms with Crippen molar-refractivity contribution in [1.82, 2.24) is 9.66 Å². The second kappa shape index (κ2) is 6.04. The van der Waals surface area contributed by atoms with Crippen LogP contribution in [0.25, 0.3) is 0 Å². The number of methoxy groups -OCH3 is 1. The molecular weight excluding hydrogens is 290 g/mol. The predicted octanol–water partition coefficient (Wildman–Crippen LogP) is 1.35. The lowest BCUT2D eigenvalue weighted by Gasteiger charge is -2.04. The van der Waals surface area contributed by atoms with Gasteiger partial charge in [-0.05, 0) is 6.92 Å². The predicted molar refractivity (Wildman–Crippen MR) is 78.8 cm³/mol. The molecule has 1 aromatic heterocycles. The molecule has 2 aromatic rings. The number of nitrogen functional groups attached to an aromatic ring is 1. The maximum absolute atomic E-state index is 11.8. The SMILES string of the molecule is COC(=O)c1c(C=Nn2cc(C)nc2N)cccc1[N+](=O)[O-]. The van der Waals surface area contributed by atoms with Gasteiger partial charge in [-0.2, -0.15) is 5.10 Å². The summed E-state index contributed by atoms with van der Waals surface area (Å²) in [7, 11) is 1.15. The van der Waals surface area contributed by atoms with Crippen LogP contribution in [0.1, 0.15) is 21.6 Å². The van der Waals surface area contributed by atoms with E-state index in [-0.39, 0.29) is 22.8 Å². The summed E-state index contributed by atoms with van der Waals surface area (Å²) in [5.41, 5.74) is 6.03. The third kappa shape index (κ3) is 2.92. The number of aryl methyl sites for hydroxylation is 1. The molecule has 0 fully saturated rings. The number of carbonyl (C=O) groups excluding carboxylic acids is 1. The number of nitrogens with two attached hydrogens (primary N) is 1. The second-order valence-electron chi connectivity index (χ2n) is 4.32. The van der Waals surface area contributed by atoms with Gasteiger partial charge in [0, 0.05) is 11.6 Å². The zero-order valence-electron chi connectivity index (χ0n) is 11.9. The molecule has 2 N–H and O–H groups in total. The summed E-state index contributed by atoms with van der Waals surface area (Å²) in [6.07, 6.45) is 2.87. The van der Waals surface area contributed by atoms with Crippen LogP contribution < -0.4 is 5.73 Å². The van der Waals surface area contributed by atoms with E-state index < -0.39 is 10.9 Å². The van der Waals surface area contributed by atoms with Gasteiger partial charge in [0.2, 0.25) is 5.95 Å². The van der Waals surface area contributed by atoms with Gasteiger partial charge in [-0.25, -0.2) is 14.5 Å². The Labute approximate surface area is 125 Å². The lowest BCUT2D eigenvalue weighted by molar-refractivity contribution is -0.385. The molecule has 1 heterocycles. The molecule has 0 aliphatic carbocycles.